The molecule has 3 saturated heterocycles. The van der Waals surface area contributed by atoms with E-state index >= 15 is 4.39 Å². The third-order valence-electron chi connectivity index (χ3n) is 12.8. The number of rotatable bonds is 13. The minimum absolute atomic E-state index is 0.0146. The third-order valence-corrected chi connectivity index (χ3v) is 13.0. The number of hydrogen-bond acceptors (Lipinski definition) is 10. The lowest BCUT2D eigenvalue weighted by molar-refractivity contribution is -0.136. The monoisotopic (exact) mass is 877 g/mol. The molecule has 8 rings (SSSR count). The van der Waals surface area contributed by atoms with Crippen molar-refractivity contribution in [1.82, 2.24) is 20.0 Å². The second-order valence-electron chi connectivity index (χ2n) is 17.2. The zero-order chi connectivity index (χ0) is 44.4. The van der Waals surface area contributed by atoms with Gasteiger partial charge in [0, 0.05) is 50.6 Å². The fourth-order valence-electron chi connectivity index (χ4n) is 9.82. The molecule has 4 heterocycles. The van der Waals surface area contributed by atoms with Crippen molar-refractivity contribution in [3.8, 4) is 17.2 Å². The van der Waals surface area contributed by atoms with Gasteiger partial charge in [0.2, 0.25) is 11.8 Å². The number of halogens is 2. The largest absolute Gasteiger partial charge is 0.508 e. The zero-order valence-corrected chi connectivity index (χ0v) is 36.3. The van der Waals surface area contributed by atoms with Crippen LogP contribution < -0.4 is 15.0 Å². The van der Waals surface area contributed by atoms with E-state index in [2.05, 4.69) is 29.0 Å². The van der Waals surface area contributed by atoms with E-state index in [0.717, 1.165) is 96.7 Å². The van der Waals surface area contributed by atoms with Gasteiger partial charge in [0.05, 0.1) is 16.8 Å². The Bertz CT molecular complexity index is 2370. The van der Waals surface area contributed by atoms with E-state index in [1.165, 1.54) is 6.07 Å². The molecular weight excluding hydrogens is 825 g/mol. The molecule has 0 saturated carbocycles. The predicted octanol–water partition coefficient (Wildman–Crippen LogP) is 6.92. The van der Waals surface area contributed by atoms with Gasteiger partial charge in [0.25, 0.3) is 11.8 Å². The molecule has 4 amide bonds. The van der Waals surface area contributed by atoms with Gasteiger partial charge in [-0.2, -0.15) is 0 Å². The summed E-state index contributed by atoms with van der Waals surface area (Å²) in [5, 5.41) is 22.1. The van der Waals surface area contributed by atoms with Crippen LogP contribution in [0.2, 0.25) is 0 Å². The smallest absolute Gasteiger partial charge is 0.262 e. The van der Waals surface area contributed by atoms with Gasteiger partial charge in [-0.25, -0.2) is 4.39 Å². The van der Waals surface area contributed by atoms with Gasteiger partial charge in [-0.05, 0) is 135 Å². The molecular formula is C49H53ClFN5O7. The molecule has 4 aromatic rings. The molecule has 14 heteroatoms. The van der Waals surface area contributed by atoms with E-state index in [-0.39, 0.29) is 53.2 Å². The van der Waals surface area contributed by atoms with Crippen molar-refractivity contribution >= 4 is 52.1 Å². The highest BCUT2D eigenvalue weighted by Crippen LogP contribution is 2.38. The first-order valence-electron chi connectivity index (χ1n) is 21.8. The van der Waals surface area contributed by atoms with Crippen molar-refractivity contribution < 1.29 is 38.5 Å². The number of alkyl halides is 1. The summed E-state index contributed by atoms with van der Waals surface area (Å²) in [5.41, 5.74) is 5.19. The first-order chi connectivity index (χ1) is 30.4. The number of imide groups is 2. The number of carbonyl (C=O) groups is 4. The average molecular weight is 878 g/mol. The Labute approximate surface area is 371 Å². The summed E-state index contributed by atoms with van der Waals surface area (Å²) in [4.78, 5) is 58.7. The number of nitrogens with zero attached hydrogens (tertiary/aromatic N) is 4. The average Bonchev–Trinajstić information content (AvgIpc) is 3.49. The molecule has 4 aromatic carbocycles. The Morgan fingerprint density at radius 1 is 0.778 bits per heavy atom. The molecule has 4 aliphatic heterocycles. The van der Waals surface area contributed by atoms with Crippen LogP contribution in [0.25, 0.3) is 11.1 Å². The quantitative estimate of drug-likeness (QED) is 0.0737. The summed E-state index contributed by atoms with van der Waals surface area (Å²) < 4.78 is 22.0. The zero-order valence-electron chi connectivity index (χ0n) is 35.6. The number of allylic oxidation sites excluding steroid dienone is 1. The Morgan fingerprint density at radius 3 is 1.94 bits per heavy atom. The van der Waals surface area contributed by atoms with Crippen molar-refractivity contribution in [1.29, 1.82) is 0 Å². The third kappa shape index (κ3) is 9.46. The Hall–Kier alpha value is -5.76. The van der Waals surface area contributed by atoms with Crippen molar-refractivity contribution in [3.05, 3.63) is 119 Å². The number of fused-ring (bicyclic) bond motifs is 1. The van der Waals surface area contributed by atoms with Gasteiger partial charge in [0.15, 0.2) is 0 Å². The lowest BCUT2D eigenvalue weighted by Crippen LogP contribution is -2.58. The molecule has 3 atom stereocenters. The van der Waals surface area contributed by atoms with Crippen molar-refractivity contribution in [2.45, 2.75) is 64.1 Å². The molecule has 0 aromatic heterocycles. The predicted molar refractivity (Wildman–Crippen MR) is 239 cm³/mol. The maximum Gasteiger partial charge on any atom is 0.262 e. The van der Waals surface area contributed by atoms with Crippen LogP contribution in [0.5, 0.6) is 17.2 Å². The molecule has 12 nitrogen and oxygen atoms in total. The number of piperidine rings is 2. The SMILES string of the molecule is CC1CN(CC2CCN(CCOc3ccc(C(=C(CCCl)c4ccc(O)cc4)c4ccc(O)cc4)cc3)CC2)CC(C)N1c1cc2c(cc1F)C(=O)N(C1CCC(=O)NC1=O)C2=O. The number of hydrogen-bond donors (Lipinski definition) is 3. The number of phenols is 2. The fraction of sp³-hybridized carbons (Fsp3) is 0.388. The first-order valence-corrected chi connectivity index (χ1v) is 22.3. The van der Waals surface area contributed by atoms with E-state index in [1.54, 1.807) is 24.3 Å². The van der Waals surface area contributed by atoms with Crippen molar-refractivity contribution in [2.24, 2.45) is 5.92 Å². The van der Waals surface area contributed by atoms with E-state index in [0.29, 0.717) is 24.8 Å². The molecule has 0 bridgehead atoms. The van der Waals surface area contributed by atoms with Crippen LogP contribution in [0, 0.1) is 11.7 Å². The van der Waals surface area contributed by atoms with E-state index < -0.39 is 35.5 Å². The highest BCUT2D eigenvalue weighted by molar-refractivity contribution is 6.24. The first kappa shape index (κ1) is 43.9. The highest BCUT2D eigenvalue weighted by Gasteiger charge is 2.46. The maximum absolute atomic E-state index is 15.8. The molecule has 330 valence electrons. The van der Waals surface area contributed by atoms with Gasteiger partial charge in [0.1, 0.15) is 35.7 Å². The van der Waals surface area contributed by atoms with Gasteiger partial charge < -0.3 is 19.8 Å². The number of ether oxygens (including phenoxy) is 1. The lowest BCUT2D eigenvalue weighted by atomic mass is 9.88. The van der Waals surface area contributed by atoms with Crippen LogP contribution in [-0.2, 0) is 9.59 Å². The van der Waals surface area contributed by atoms with Crippen LogP contribution in [0.3, 0.4) is 0 Å². The van der Waals surface area contributed by atoms with E-state index in [9.17, 15) is 29.4 Å². The summed E-state index contributed by atoms with van der Waals surface area (Å²) in [7, 11) is 0. The summed E-state index contributed by atoms with van der Waals surface area (Å²) in [6.07, 6.45) is 2.79. The molecule has 0 spiro atoms. The number of nitrogens with one attached hydrogen (secondary N) is 1. The summed E-state index contributed by atoms with van der Waals surface area (Å²) in [5.74, 6) is -1.01. The van der Waals surface area contributed by atoms with Crippen molar-refractivity contribution in [2.75, 3.05) is 56.7 Å². The molecule has 63 heavy (non-hydrogen) atoms. The lowest BCUT2D eigenvalue weighted by Gasteiger charge is -2.47. The van der Waals surface area contributed by atoms with Crippen LogP contribution >= 0.6 is 11.6 Å². The summed E-state index contributed by atoms with van der Waals surface area (Å²) in [6, 6.07) is 23.7. The fourth-order valence-corrected chi connectivity index (χ4v) is 10.0. The van der Waals surface area contributed by atoms with Crippen molar-refractivity contribution in [3.63, 3.8) is 0 Å². The highest BCUT2D eigenvalue weighted by atomic mass is 35.5. The number of carbonyl (C=O) groups excluding carboxylic acids is 4. The van der Waals surface area contributed by atoms with Crippen LogP contribution in [-0.4, -0.2) is 118 Å². The Kier molecular flexibility index (Phi) is 13.2. The minimum atomic E-state index is -1.11. The van der Waals surface area contributed by atoms with Crippen LogP contribution in [0.1, 0.15) is 83.4 Å². The number of piperazine rings is 1. The van der Waals surface area contributed by atoms with Crippen LogP contribution in [0.4, 0.5) is 10.1 Å². The second kappa shape index (κ2) is 18.9. The summed E-state index contributed by atoms with van der Waals surface area (Å²) in [6.45, 7) is 9.81. The number of benzene rings is 4. The Morgan fingerprint density at radius 2 is 1.35 bits per heavy atom. The normalized spacial score (nSPS) is 21.7. The van der Waals surface area contributed by atoms with Gasteiger partial charge in [-0.3, -0.25) is 39.2 Å². The Balaban J connectivity index is 0.831. The minimum Gasteiger partial charge on any atom is -0.508 e. The van der Waals surface area contributed by atoms with E-state index in [1.807, 2.05) is 53.4 Å². The topological polar surface area (TPSA) is 143 Å². The van der Waals surface area contributed by atoms with Gasteiger partial charge in [-0.1, -0.05) is 36.4 Å². The number of anilines is 1. The molecule has 3 fully saturated rings. The molecule has 3 N–H and O–H groups in total. The molecule has 0 radical (unpaired) electrons. The number of aromatic hydroxyl groups is 2. The molecule has 0 aliphatic carbocycles. The number of amides is 4. The second-order valence-corrected chi connectivity index (χ2v) is 17.5. The maximum atomic E-state index is 15.8. The number of likely N-dealkylation sites (tertiary alicyclic amines) is 1. The standard InChI is InChI=1S/C49H53ClFN5O7/c1-30-27-54(28-31(2)55(30)44-26-41-40(25-42(44)51)48(61)56(49(41)62)43-15-16-45(59)52-47(43)60)29-32-18-21-53(22-19-32)23-24-63-38-13-7-35(8-14-38)46(34-5-11-37(58)12-6-34)39(17-20-50)33-3-9-36(57)10-4-33/h3-14,25-26,30-32,43,57-58H,15-24,27-29H2,1-2H3,(H,52,59,60). The van der Waals surface area contributed by atoms with E-state index in [4.69, 9.17) is 16.3 Å². The van der Waals surface area contributed by atoms with Gasteiger partial charge in [-0.15, -0.1) is 11.6 Å². The summed E-state index contributed by atoms with van der Waals surface area (Å²) >= 11 is 6.31. The molecule has 3 unspecified atom stereocenters. The van der Waals surface area contributed by atoms with Gasteiger partial charge >= 0.3 is 0 Å². The number of phenolic OH excluding ortho intramolecular Hbond substituents is 2. The molecule has 4 aliphatic rings. The van der Waals surface area contributed by atoms with Crippen LogP contribution in [0.15, 0.2) is 84.9 Å².